The largest absolute Gasteiger partial charge is 0.491 e. The van der Waals surface area contributed by atoms with Crippen LogP contribution in [0.1, 0.15) is 36.4 Å². The molecule has 0 saturated heterocycles. The van der Waals surface area contributed by atoms with Crippen LogP contribution in [-0.4, -0.2) is 15.9 Å². The van der Waals surface area contributed by atoms with Gasteiger partial charge in [-0.25, -0.2) is 0 Å². The minimum atomic E-state index is 0.213. The van der Waals surface area contributed by atoms with Crippen LogP contribution in [0.15, 0.2) is 24.3 Å². The van der Waals surface area contributed by atoms with Gasteiger partial charge in [0.05, 0.1) is 11.8 Å². The Morgan fingerprint density at radius 2 is 1.81 bits per heavy atom. The van der Waals surface area contributed by atoms with Crippen LogP contribution in [0.4, 0.5) is 0 Å². The zero-order valence-corrected chi connectivity index (χ0v) is 13.6. The second-order valence-electron chi connectivity index (χ2n) is 5.69. The average Bonchev–Trinajstić information content (AvgIpc) is 2.66. The van der Waals surface area contributed by atoms with Gasteiger partial charge >= 0.3 is 0 Å². The molecule has 21 heavy (non-hydrogen) atoms. The van der Waals surface area contributed by atoms with E-state index in [4.69, 9.17) is 4.74 Å². The Labute approximate surface area is 127 Å². The first kappa shape index (κ1) is 15.6. The molecule has 0 aliphatic rings. The van der Waals surface area contributed by atoms with Gasteiger partial charge < -0.3 is 10.1 Å². The van der Waals surface area contributed by atoms with Gasteiger partial charge in [0.25, 0.3) is 0 Å². The highest BCUT2D eigenvalue weighted by atomic mass is 16.5. The molecular formula is C17H25N3O. The van der Waals surface area contributed by atoms with Crippen molar-refractivity contribution in [1.29, 1.82) is 0 Å². The van der Waals surface area contributed by atoms with Gasteiger partial charge in [0.15, 0.2) is 0 Å². The first-order chi connectivity index (χ1) is 9.97. The van der Waals surface area contributed by atoms with Gasteiger partial charge in [-0.1, -0.05) is 12.1 Å². The molecule has 0 atom stereocenters. The molecule has 0 bridgehead atoms. The molecule has 0 aliphatic carbocycles. The first-order valence-corrected chi connectivity index (χ1v) is 7.42. The van der Waals surface area contributed by atoms with Crippen molar-refractivity contribution in [3.63, 3.8) is 0 Å². The van der Waals surface area contributed by atoms with E-state index in [1.165, 1.54) is 16.8 Å². The van der Waals surface area contributed by atoms with Crippen LogP contribution in [-0.2, 0) is 20.1 Å². The molecule has 2 aromatic rings. The summed E-state index contributed by atoms with van der Waals surface area (Å²) in [4.78, 5) is 0. The summed E-state index contributed by atoms with van der Waals surface area (Å²) in [5.74, 6) is 0.924. The van der Waals surface area contributed by atoms with Gasteiger partial charge in [0.1, 0.15) is 5.75 Å². The van der Waals surface area contributed by atoms with Crippen LogP contribution < -0.4 is 10.1 Å². The lowest BCUT2D eigenvalue weighted by molar-refractivity contribution is 0.242. The van der Waals surface area contributed by atoms with Crippen LogP contribution in [0.25, 0.3) is 0 Å². The summed E-state index contributed by atoms with van der Waals surface area (Å²) in [7, 11) is 1.99. The molecule has 114 valence electrons. The summed E-state index contributed by atoms with van der Waals surface area (Å²) in [5, 5.41) is 7.91. The quantitative estimate of drug-likeness (QED) is 0.887. The van der Waals surface area contributed by atoms with Gasteiger partial charge in [-0.3, -0.25) is 4.68 Å². The minimum absolute atomic E-state index is 0.213. The number of aromatic nitrogens is 2. The Morgan fingerprint density at radius 1 is 1.14 bits per heavy atom. The summed E-state index contributed by atoms with van der Waals surface area (Å²) in [6.45, 7) is 9.92. The smallest absolute Gasteiger partial charge is 0.119 e. The fourth-order valence-electron chi connectivity index (χ4n) is 2.36. The molecule has 0 fully saturated rings. The Balaban J connectivity index is 1.88. The molecule has 0 spiro atoms. The van der Waals surface area contributed by atoms with E-state index in [1.807, 2.05) is 37.7 Å². The standard InChI is InChI=1S/C17H25N3O/c1-12(2)21-16-8-6-15(7-9-16)10-18-11-17-13(3)19-20(5)14(17)4/h6-9,12,18H,10-11H2,1-5H3. The zero-order valence-electron chi connectivity index (χ0n) is 13.6. The Bertz CT molecular complexity index is 585. The van der Waals surface area contributed by atoms with Crippen molar-refractivity contribution >= 4 is 0 Å². The van der Waals surface area contributed by atoms with Crippen molar-refractivity contribution in [1.82, 2.24) is 15.1 Å². The highest BCUT2D eigenvalue weighted by Crippen LogP contribution is 2.15. The Morgan fingerprint density at radius 3 is 2.33 bits per heavy atom. The van der Waals surface area contributed by atoms with Crippen molar-refractivity contribution in [3.05, 3.63) is 46.8 Å². The Kier molecular flexibility index (Phi) is 5.02. The lowest BCUT2D eigenvalue weighted by Gasteiger charge is -2.10. The van der Waals surface area contributed by atoms with Crippen LogP contribution in [0.2, 0.25) is 0 Å². The zero-order chi connectivity index (χ0) is 15.4. The third kappa shape index (κ3) is 4.08. The van der Waals surface area contributed by atoms with Crippen molar-refractivity contribution < 1.29 is 4.74 Å². The second kappa shape index (κ2) is 6.76. The van der Waals surface area contributed by atoms with Crippen molar-refractivity contribution in [2.45, 2.75) is 46.9 Å². The lowest BCUT2D eigenvalue weighted by Crippen LogP contribution is -2.14. The Hall–Kier alpha value is -1.81. The predicted molar refractivity (Wildman–Crippen MR) is 85.4 cm³/mol. The van der Waals surface area contributed by atoms with Gasteiger partial charge in [-0.05, 0) is 45.4 Å². The number of aryl methyl sites for hydroxylation is 2. The molecule has 1 aromatic carbocycles. The maximum atomic E-state index is 5.65. The third-order valence-corrected chi connectivity index (χ3v) is 3.58. The molecule has 0 amide bonds. The number of ether oxygens (including phenoxy) is 1. The number of nitrogens with one attached hydrogen (secondary N) is 1. The van der Waals surface area contributed by atoms with Gasteiger partial charge in [0.2, 0.25) is 0 Å². The number of benzene rings is 1. The fraction of sp³-hybridized carbons (Fsp3) is 0.471. The van der Waals surface area contributed by atoms with Crippen LogP contribution in [0, 0.1) is 13.8 Å². The maximum absolute atomic E-state index is 5.65. The van der Waals surface area contributed by atoms with E-state index < -0.39 is 0 Å². The highest BCUT2D eigenvalue weighted by Gasteiger charge is 2.08. The first-order valence-electron chi connectivity index (χ1n) is 7.42. The van der Waals surface area contributed by atoms with Crippen molar-refractivity contribution in [2.75, 3.05) is 0 Å². The van der Waals surface area contributed by atoms with Crippen LogP contribution in [0.5, 0.6) is 5.75 Å². The predicted octanol–water partition coefficient (Wildman–Crippen LogP) is 3.11. The van der Waals surface area contributed by atoms with E-state index in [0.717, 1.165) is 24.5 Å². The van der Waals surface area contributed by atoms with E-state index in [1.54, 1.807) is 0 Å². The van der Waals surface area contributed by atoms with Crippen LogP contribution in [0.3, 0.4) is 0 Å². The summed E-state index contributed by atoms with van der Waals surface area (Å²) >= 11 is 0. The third-order valence-electron chi connectivity index (χ3n) is 3.58. The summed E-state index contributed by atoms with van der Waals surface area (Å²) < 4.78 is 7.58. The number of nitrogens with zero attached hydrogens (tertiary/aromatic N) is 2. The topological polar surface area (TPSA) is 39.1 Å². The number of hydrogen-bond donors (Lipinski definition) is 1. The highest BCUT2D eigenvalue weighted by molar-refractivity contribution is 5.28. The molecule has 4 nitrogen and oxygen atoms in total. The molecule has 2 rings (SSSR count). The molecule has 1 heterocycles. The monoisotopic (exact) mass is 287 g/mol. The molecular weight excluding hydrogens is 262 g/mol. The SMILES string of the molecule is Cc1nn(C)c(C)c1CNCc1ccc(OC(C)C)cc1. The van der Waals surface area contributed by atoms with E-state index in [9.17, 15) is 0 Å². The maximum Gasteiger partial charge on any atom is 0.119 e. The van der Waals surface area contributed by atoms with E-state index in [0.29, 0.717) is 0 Å². The number of hydrogen-bond acceptors (Lipinski definition) is 3. The average molecular weight is 287 g/mol. The molecule has 1 N–H and O–H groups in total. The summed E-state index contributed by atoms with van der Waals surface area (Å²) in [6, 6.07) is 8.26. The minimum Gasteiger partial charge on any atom is -0.491 e. The molecule has 1 aromatic heterocycles. The van der Waals surface area contributed by atoms with Crippen LogP contribution >= 0.6 is 0 Å². The second-order valence-corrected chi connectivity index (χ2v) is 5.69. The molecule has 4 heteroatoms. The molecule has 0 aliphatic heterocycles. The number of rotatable bonds is 6. The van der Waals surface area contributed by atoms with Gasteiger partial charge in [0, 0.05) is 31.4 Å². The van der Waals surface area contributed by atoms with E-state index in [-0.39, 0.29) is 6.10 Å². The summed E-state index contributed by atoms with van der Waals surface area (Å²) in [5.41, 5.74) is 4.87. The fourth-order valence-corrected chi connectivity index (χ4v) is 2.36. The molecule has 0 saturated carbocycles. The van der Waals surface area contributed by atoms with Gasteiger partial charge in [-0.2, -0.15) is 5.10 Å². The van der Waals surface area contributed by atoms with Crippen molar-refractivity contribution in [3.8, 4) is 5.75 Å². The lowest BCUT2D eigenvalue weighted by atomic mass is 10.2. The van der Waals surface area contributed by atoms with E-state index in [2.05, 4.69) is 36.4 Å². The molecule has 0 unspecified atom stereocenters. The molecule has 0 radical (unpaired) electrons. The van der Waals surface area contributed by atoms with Crippen molar-refractivity contribution in [2.24, 2.45) is 7.05 Å². The van der Waals surface area contributed by atoms with Gasteiger partial charge in [-0.15, -0.1) is 0 Å². The summed E-state index contributed by atoms with van der Waals surface area (Å²) in [6.07, 6.45) is 0.213. The van der Waals surface area contributed by atoms with E-state index >= 15 is 0 Å². The normalized spacial score (nSPS) is 11.1.